The molecular weight excluding hydrogens is 347 g/mol. The highest BCUT2D eigenvalue weighted by Crippen LogP contribution is 1.80. The first kappa shape index (κ1) is 19.8. The zero-order valence-corrected chi connectivity index (χ0v) is 13.5. The molecule has 0 aliphatic rings. The summed E-state index contributed by atoms with van der Waals surface area (Å²) >= 11 is 0. The van der Waals surface area contributed by atoms with Crippen molar-refractivity contribution in [2.45, 2.75) is 26.7 Å². The molecule has 0 bridgehead atoms. The Morgan fingerprint density at radius 3 is 2.61 bits per heavy atom. The van der Waals surface area contributed by atoms with Crippen LogP contribution in [-0.2, 0) is 9.53 Å². The van der Waals surface area contributed by atoms with Crippen LogP contribution in [0.1, 0.15) is 26.7 Å². The molecule has 7 heteroatoms. The minimum absolute atomic E-state index is 0. The van der Waals surface area contributed by atoms with E-state index in [9.17, 15) is 4.79 Å². The summed E-state index contributed by atoms with van der Waals surface area (Å²) in [6, 6.07) is 0. The number of aliphatic imine (C=N–C) groups is 1. The van der Waals surface area contributed by atoms with Gasteiger partial charge in [-0.25, -0.2) is 4.99 Å². The largest absolute Gasteiger partial charge is 0.382 e. The highest BCUT2D eigenvalue weighted by atomic mass is 127. The number of nitrogens with one attached hydrogen (secondary N) is 2. The molecule has 18 heavy (non-hydrogen) atoms. The Morgan fingerprint density at radius 1 is 1.28 bits per heavy atom. The molecular formula is C11H25IN4O2. The summed E-state index contributed by atoms with van der Waals surface area (Å²) in [5.41, 5.74) is 5.58. The monoisotopic (exact) mass is 372 g/mol. The van der Waals surface area contributed by atoms with Crippen molar-refractivity contribution in [2.75, 3.05) is 32.8 Å². The lowest BCUT2D eigenvalue weighted by atomic mass is 10.4. The number of rotatable bonds is 9. The molecule has 0 aliphatic heterocycles. The summed E-state index contributed by atoms with van der Waals surface area (Å²) < 4.78 is 5.17. The zero-order chi connectivity index (χ0) is 12.9. The van der Waals surface area contributed by atoms with E-state index < -0.39 is 0 Å². The maximum absolute atomic E-state index is 11.2. The minimum atomic E-state index is -0.106. The summed E-state index contributed by atoms with van der Waals surface area (Å²) in [6.07, 6.45) is 1.78. The highest BCUT2D eigenvalue weighted by molar-refractivity contribution is 14.0. The molecule has 0 saturated carbocycles. The van der Waals surface area contributed by atoms with Crippen molar-refractivity contribution in [3.05, 3.63) is 0 Å². The molecule has 0 atom stereocenters. The Labute approximate surface area is 126 Å². The van der Waals surface area contributed by atoms with Crippen LogP contribution in [0, 0.1) is 0 Å². The van der Waals surface area contributed by atoms with Crippen molar-refractivity contribution in [3.8, 4) is 0 Å². The molecule has 0 spiro atoms. The Balaban J connectivity index is 0. The average Bonchev–Trinajstić information content (AvgIpc) is 2.33. The molecule has 0 aromatic carbocycles. The van der Waals surface area contributed by atoms with Crippen LogP contribution in [0.25, 0.3) is 0 Å². The molecule has 0 aromatic rings. The van der Waals surface area contributed by atoms with Gasteiger partial charge >= 0.3 is 0 Å². The number of nitrogens with two attached hydrogens (primary N) is 1. The van der Waals surface area contributed by atoms with E-state index in [1.165, 1.54) is 0 Å². The molecule has 0 fully saturated rings. The maximum atomic E-state index is 11.2. The van der Waals surface area contributed by atoms with Crippen LogP contribution in [0.4, 0.5) is 0 Å². The molecule has 0 aromatic heterocycles. The molecule has 108 valence electrons. The van der Waals surface area contributed by atoms with Crippen molar-refractivity contribution in [1.29, 1.82) is 0 Å². The fraction of sp³-hybridized carbons (Fsp3) is 0.818. The normalized spacial score (nSPS) is 10.7. The first-order valence-corrected chi connectivity index (χ1v) is 6.08. The number of hydrogen-bond acceptors (Lipinski definition) is 3. The molecule has 0 unspecified atom stereocenters. The zero-order valence-electron chi connectivity index (χ0n) is 11.2. The van der Waals surface area contributed by atoms with Crippen LogP contribution >= 0.6 is 24.0 Å². The van der Waals surface area contributed by atoms with Crippen LogP contribution in [0.2, 0.25) is 0 Å². The smallest absolute Gasteiger partial charge is 0.241 e. The lowest BCUT2D eigenvalue weighted by Gasteiger charge is -2.05. The molecule has 0 radical (unpaired) electrons. The van der Waals surface area contributed by atoms with Gasteiger partial charge in [0.05, 0.1) is 0 Å². The van der Waals surface area contributed by atoms with E-state index in [1.54, 1.807) is 0 Å². The quantitative estimate of drug-likeness (QED) is 0.238. The van der Waals surface area contributed by atoms with Crippen molar-refractivity contribution in [2.24, 2.45) is 10.7 Å². The predicted molar refractivity (Wildman–Crippen MR) is 84.3 cm³/mol. The summed E-state index contributed by atoms with van der Waals surface area (Å²) in [5, 5.41) is 5.64. The molecule has 0 rings (SSSR count). The van der Waals surface area contributed by atoms with Crippen LogP contribution in [-0.4, -0.2) is 44.7 Å². The van der Waals surface area contributed by atoms with Gasteiger partial charge in [0.2, 0.25) is 5.91 Å². The van der Waals surface area contributed by atoms with E-state index in [0.717, 1.165) is 19.4 Å². The second kappa shape index (κ2) is 14.5. The topological polar surface area (TPSA) is 88.7 Å². The van der Waals surface area contributed by atoms with Gasteiger partial charge in [-0.1, -0.05) is 6.92 Å². The van der Waals surface area contributed by atoms with Gasteiger partial charge in [0, 0.05) is 26.3 Å². The van der Waals surface area contributed by atoms with E-state index in [0.29, 0.717) is 25.7 Å². The summed E-state index contributed by atoms with van der Waals surface area (Å²) in [6.45, 7) is 6.83. The van der Waals surface area contributed by atoms with Crippen LogP contribution in [0.3, 0.4) is 0 Å². The van der Waals surface area contributed by atoms with Crippen LogP contribution in [0.5, 0.6) is 0 Å². The average molecular weight is 372 g/mol. The third-order valence-electron chi connectivity index (χ3n) is 1.94. The number of amides is 1. The first-order chi connectivity index (χ1) is 8.20. The molecule has 4 N–H and O–H groups in total. The molecule has 0 aliphatic carbocycles. The second-order valence-electron chi connectivity index (χ2n) is 3.53. The fourth-order valence-corrected chi connectivity index (χ4v) is 1.07. The van der Waals surface area contributed by atoms with Crippen molar-refractivity contribution >= 4 is 35.8 Å². The van der Waals surface area contributed by atoms with Gasteiger partial charge in [-0.3, -0.25) is 4.79 Å². The van der Waals surface area contributed by atoms with E-state index >= 15 is 0 Å². The third-order valence-corrected chi connectivity index (χ3v) is 1.94. The third kappa shape index (κ3) is 13.5. The van der Waals surface area contributed by atoms with Gasteiger partial charge in [-0.2, -0.15) is 0 Å². The van der Waals surface area contributed by atoms with Crippen molar-refractivity contribution < 1.29 is 9.53 Å². The number of nitrogens with zero attached hydrogens (tertiary/aromatic N) is 1. The van der Waals surface area contributed by atoms with Gasteiger partial charge in [-0.05, 0) is 19.8 Å². The SMILES string of the molecule is CCCNC(=O)CN=C(N)NCCCOCC.I. The van der Waals surface area contributed by atoms with Gasteiger partial charge in [-0.15, -0.1) is 24.0 Å². The van der Waals surface area contributed by atoms with Crippen LogP contribution < -0.4 is 16.4 Å². The van der Waals surface area contributed by atoms with Crippen LogP contribution in [0.15, 0.2) is 4.99 Å². The molecule has 0 heterocycles. The lowest BCUT2D eigenvalue weighted by Crippen LogP contribution is -2.35. The number of hydrogen-bond donors (Lipinski definition) is 3. The lowest BCUT2D eigenvalue weighted by molar-refractivity contribution is -0.119. The standard InChI is InChI=1S/C11H24N4O2.HI/c1-3-6-13-10(16)9-15-11(12)14-7-5-8-17-4-2;/h3-9H2,1-2H3,(H,13,16)(H3,12,14,15);1H. The molecule has 0 saturated heterocycles. The Kier molecular flexibility index (Phi) is 15.9. The van der Waals surface area contributed by atoms with E-state index in [4.69, 9.17) is 10.5 Å². The van der Waals surface area contributed by atoms with Gasteiger partial charge < -0.3 is 21.1 Å². The number of carbonyl (C=O) groups excluding carboxylic acids is 1. The summed E-state index contributed by atoms with van der Waals surface area (Å²) in [5.74, 6) is 0.194. The maximum Gasteiger partial charge on any atom is 0.241 e. The summed E-state index contributed by atoms with van der Waals surface area (Å²) in [4.78, 5) is 15.1. The van der Waals surface area contributed by atoms with E-state index in [2.05, 4.69) is 15.6 Å². The van der Waals surface area contributed by atoms with Gasteiger partial charge in [0.25, 0.3) is 0 Å². The number of halogens is 1. The molecule has 6 nitrogen and oxygen atoms in total. The number of carbonyl (C=O) groups is 1. The van der Waals surface area contributed by atoms with E-state index in [-0.39, 0.29) is 36.4 Å². The van der Waals surface area contributed by atoms with E-state index in [1.807, 2.05) is 13.8 Å². The van der Waals surface area contributed by atoms with Crippen molar-refractivity contribution in [1.82, 2.24) is 10.6 Å². The fourth-order valence-electron chi connectivity index (χ4n) is 1.07. The Hall–Kier alpha value is -0.570. The second-order valence-corrected chi connectivity index (χ2v) is 3.53. The molecule has 1 amide bonds. The Morgan fingerprint density at radius 2 is 2.00 bits per heavy atom. The summed E-state index contributed by atoms with van der Waals surface area (Å²) in [7, 11) is 0. The van der Waals surface area contributed by atoms with Gasteiger partial charge in [0.15, 0.2) is 5.96 Å². The Bertz CT molecular complexity index is 237. The first-order valence-electron chi connectivity index (χ1n) is 6.08. The van der Waals surface area contributed by atoms with Gasteiger partial charge in [0.1, 0.15) is 6.54 Å². The number of guanidine groups is 1. The highest BCUT2D eigenvalue weighted by Gasteiger charge is 1.98. The van der Waals surface area contributed by atoms with Crippen molar-refractivity contribution in [3.63, 3.8) is 0 Å². The minimum Gasteiger partial charge on any atom is -0.382 e. The predicted octanol–water partition coefficient (Wildman–Crippen LogP) is 0.461. The number of ether oxygens (including phenoxy) is 1.